The molecule has 4 rings (SSSR count). The Morgan fingerprint density at radius 1 is 1.23 bits per heavy atom. The molecule has 4 heterocycles. The van der Waals surface area contributed by atoms with Crippen LogP contribution in [0.25, 0.3) is 0 Å². The van der Waals surface area contributed by atoms with Crippen LogP contribution in [0.3, 0.4) is 0 Å². The zero-order chi connectivity index (χ0) is 20.1. The molecule has 0 aliphatic carbocycles. The first-order valence-electron chi connectivity index (χ1n) is 11.2. The maximum absolute atomic E-state index is 11.8. The largest absolute Gasteiger partial charge is 0.357 e. The molecular formula is C22H35IN6O. The van der Waals surface area contributed by atoms with Gasteiger partial charge in [0, 0.05) is 57.3 Å². The summed E-state index contributed by atoms with van der Waals surface area (Å²) in [5, 5.41) is 6.47. The van der Waals surface area contributed by atoms with E-state index < -0.39 is 0 Å². The van der Waals surface area contributed by atoms with E-state index in [1.807, 2.05) is 6.20 Å². The lowest BCUT2D eigenvalue weighted by Gasteiger charge is -2.40. The number of likely N-dealkylation sites (tertiary alicyclic amines) is 1. The first-order valence-corrected chi connectivity index (χ1v) is 11.2. The average molecular weight is 526 g/mol. The van der Waals surface area contributed by atoms with Crippen molar-refractivity contribution < 1.29 is 4.79 Å². The summed E-state index contributed by atoms with van der Waals surface area (Å²) >= 11 is 0. The van der Waals surface area contributed by atoms with Crippen LogP contribution < -0.4 is 15.5 Å². The van der Waals surface area contributed by atoms with Gasteiger partial charge in [0.05, 0.1) is 6.54 Å². The van der Waals surface area contributed by atoms with E-state index in [4.69, 9.17) is 4.99 Å². The lowest BCUT2D eigenvalue weighted by Crippen LogP contribution is -2.51. The molecule has 3 fully saturated rings. The second-order valence-electron chi connectivity index (χ2n) is 8.72. The van der Waals surface area contributed by atoms with E-state index >= 15 is 0 Å². The van der Waals surface area contributed by atoms with E-state index in [9.17, 15) is 4.79 Å². The maximum atomic E-state index is 11.8. The number of halogens is 1. The molecule has 7 nitrogen and oxygen atoms in total. The van der Waals surface area contributed by atoms with Crippen molar-refractivity contribution in [1.29, 1.82) is 0 Å². The first-order chi connectivity index (χ1) is 14.2. The average Bonchev–Trinajstić information content (AvgIpc) is 3.11. The van der Waals surface area contributed by atoms with Crippen LogP contribution in [-0.2, 0) is 11.3 Å². The molecule has 0 saturated carbocycles. The van der Waals surface area contributed by atoms with Crippen LogP contribution >= 0.6 is 24.0 Å². The van der Waals surface area contributed by atoms with Crippen molar-refractivity contribution in [3.8, 4) is 0 Å². The van der Waals surface area contributed by atoms with Gasteiger partial charge in [-0.2, -0.15) is 0 Å². The first kappa shape index (κ1) is 23.1. The predicted molar refractivity (Wildman–Crippen MR) is 131 cm³/mol. The van der Waals surface area contributed by atoms with Crippen molar-refractivity contribution in [3.63, 3.8) is 0 Å². The molecule has 1 aromatic heterocycles. The monoisotopic (exact) mass is 526 g/mol. The Kier molecular flexibility index (Phi) is 8.19. The molecule has 8 heteroatoms. The standard InChI is InChI=1S/C22H34N6O.HI/c1-2-23-21(28-12-6-9-22(17-28)13-20(29)26-16-22)25-15-18-7-8-19(24-14-18)27-10-4-3-5-11-27;/h7-8,14H,2-6,9-13,15-17H2,1H3,(H,23,25)(H,26,29);1H. The lowest BCUT2D eigenvalue weighted by atomic mass is 9.79. The highest BCUT2D eigenvalue weighted by Gasteiger charge is 2.42. The van der Waals surface area contributed by atoms with E-state index in [2.05, 4.69) is 44.5 Å². The van der Waals surface area contributed by atoms with Crippen molar-refractivity contribution in [2.75, 3.05) is 44.2 Å². The van der Waals surface area contributed by atoms with Crippen LogP contribution in [0.4, 0.5) is 5.82 Å². The third-order valence-corrected chi connectivity index (χ3v) is 6.39. The number of rotatable bonds is 4. The van der Waals surface area contributed by atoms with Crippen molar-refractivity contribution in [2.24, 2.45) is 10.4 Å². The van der Waals surface area contributed by atoms with Crippen LogP contribution in [0.2, 0.25) is 0 Å². The third-order valence-electron chi connectivity index (χ3n) is 6.39. The van der Waals surface area contributed by atoms with Gasteiger partial charge in [-0.3, -0.25) is 4.79 Å². The quantitative estimate of drug-likeness (QED) is 0.359. The number of nitrogens with one attached hydrogen (secondary N) is 2. The topological polar surface area (TPSA) is 72.9 Å². The normalized spacial score (nSPS) is 24.6. The van der Waals surface area contributed by atoms with E-state index in [1.165, 1.54) is 19.3 Å². The van der Waals surface area contributed by atoms with Gasteiger partial charge in [0.15, 0.2) is 5.96 Å². The Labute approximate surface area is 197 Å². The number of aromatic nitrogens is 1. The van der Waals surface area contributed by atoms with Gasteiger partial charge in [-0.15, -0.1) is 24.0 Å². The minimum atomic E-state index is 0. The number of amides is 1. The zero-order valence-corrected chi connectivity index (χ0v) is 20.4. The van der Waals surface area contributed by atoms with Crippen LogP contribution in [0.15, 0.2) is 23.3 Å². The summed E-state index contributed by atoms with van der Waals surface area (Å²) in [4.78, 5) is 26.1. The van der Waals surface area contributed by atoms with Gasteiger partial charge in [-0.25, -0.2) is 9.98 Å². The molecule has 1 spiro atoms. The number of carbonyl (C=O) groups is 1. The highest BCUT2D eigenvalue weighted by molar-refractivity contribution is 14.0. The molecule has 2 N–H and O–H groups in total. The molecule has 0 radical (unpaired) electrons. The summed E-state index contributed by atoms with van der Waals surface area (Å²) in [6, 6.07) is 4.29. The van der Waals surface area contributed by atoms with Crippen molar-refractivity contribution in [3.05, 3.63) is 23.9 Å². The summed E-state index contributed by atoms with van der Waals surface area (Å²) in [5.74, 6) is 2.22. The summed E-state index contributed by atoms with van der Waals surface area (Å²) in [7, 11) is 0. The maximum Gasteiger partial charge on any atom is 0.220 e. The van der Waals surface area contributed by atoms with E-state index in [0.29, 0.717) is 13.0 Å². The van der Waals surface area contributed by atoms with Gasteiger partial charge in [0.2, 0.25) is 5.91 Å². The molecule has 0 bridgehead atoms. The van der Waals surface area contributed by atoms with Crippen LogP contribution in [-0.4, -0.2) is 61.0 Å². The molecular weight excluding hydrogens is 491 g/mol. The summed E-state index contributed by atoms with van der Waals surface area (Å²) < 4.78 is 0. The molecule has 1 unspecified atom stereocenters. The summed E-state index contributed by atoms with van der Waals surface area (Å²) in [5.41, 5.74) is 1.20. The van der Waals surface area contributed by atoms with Gasteiger partial charge < -0.3 is 20.4 Å². The molecule has 166 valence electrons. The number of nitrogens with zero attached hydrogens (tertiary/aromatic N) is 4. The Balaban J connectivity index is 0.00000256. The zero-order valence-electron chi connectivity index (χ0n) is 18.0. The fraction of sp³-hybridized carbons (Fsp3) is 0.682. The number of hydrogen-bond donors (Lipinski definition) is 2. The summed E-state index contributed by atoms with van der Waals surface area (Å²) in [6.45, 7) is 8.47. The molecule has 3 aliphatic heterocycles. The Bertz CT molecular complexity index is 734. The minimum Gasteiger partial charge on any atom is -0.357 e. The van der Waals surface area contributed by atoms with Crippen LogP contribution in [0.5, 0.6) is 0 Å². The Morgan fingerprint density at radius 2 is 2.07 bits per heavy atom. The molecule has 3 saturated heterocycles. The van der Waals surface area contributed by atoms with E-state index in [-0.39, 0.29) is 35.3 Å². The van der Waals surface area contributed by atoms with Gasteiger partial charge in [0.1, 0.15) is 5.82 Å². The number of aliphatic imine (C=N–C) groups is 1. The molecule has 3 aliphatic rings. The van der Waals surface area contributed by atoms with Crippen LogP contribution in [0.1, 0.15) is 51.0 Å². The second kappa shape index (κ2) is 10.6. The number of guanidine groups is 1. The smallest absolute Gasteiger partial charge is 0.220 e. The fourth-order valence-electron chi connectivity index (χ4n) is 4.84. The number of pyridine rings is 1. The highest BCUT2D eigenvalue weighted by Crippen LogP contribution is 2.36. The molecule has 0 aromatic carbocycles. The molecule has 1 atom stereocenters. The second-order valence-corrected chi connectivity index (χ2v) is 8.72. The molecule has 30 heavy (non-hydrogen) atoms. The molecule has 1 aromatic rings. The number of carbonyl (C=O) groups excluding carboxylic acids is 1. The number of hydrogen-bond acceptors (Lipinski definition) is 4. The summed E-state index contributed by atoms with van der Waals surface area (Å²) in [6.07, 6.45) is 8.68. The Hall–Kier alpha value is -1.58. The van der Waals surface area contributed by atoms with Gasteiger partial charge in [-0.05, 0) is 50.7 Å². The predicted octanol–water partition coefficient (Wildman–Crippen LogP) is 2.76. The highest BCUT2D eigenvalue weighted by atomic mass is 127. The molecule has 1 amide bonds. The van der Waals surface area contributed by atoms with Gasteiger partial charge in [-0.1, -0.05) is 6.07 Å². The third kappa shape index (κ3) is 5.56. The minimum absolute atomic E-state index is 0. The van der Waals surface area contributed by atoms with Gasteiger partial charge in [0.25, 0.3) is 0 Å². The SMILES string of the molecule is CCNC(=NCc1ccc(N2CCCCC2)nc1)N1CCCC2(CNC(=O)C2)C1.I. The number of anilines is 1. The van der Waals surface area contributed by atoms with E-state index in [0.717, 1.165) is 69.5 Å². The Morgan fingerprint density at radius 3 is 2.73 bits per heavy atom. The van der Waals surface area contributed by atoms with Crippen molar-refractivity contribution >= 4 is 41.7 Å². The van der Waals surface area contributed by atoms with Crippen molar-refractivity contribution in [2.45, 2.75) is 52.0 Å². The fourth-order valence-corrected chi connectivity index (χ4v) is 4.84. The van der Waals surface area contributed by atoms with Crippen LogP contribution in [0, 0.1) is 5.41 Å². The lowest BCUT2D eigenvalue weighted by molar-refractivity contribution is -0.119. The van der Waals surface area contributed by atoms with Gasteiger partial charge >= 0.3 is 0 Å². The van der Waals surface area contributed by atoms with E-state index in [1.54, 1.807) is 0 Å². The van der Waals surface area contributed by atoms with Crippen molar-refractivity contribution in [1.82, 2.24) is 20.5 Å². The number of piperidine rings is 2.